The predicted molar refractivity (Wildman–Crippen MR) is 79.5 cm³/mol. The Balaban J connectivity index is 1.70. The molecule has 112 valence electrons. The molecule has 0 amide bonds. The molecule has 7 heteroatoms. The lowest BCUT2D eigenvalue weighted by molar-refractivity contribution is 0.0280. The Labute approximate surface area is 130 Å². The maximum atomic E-state index is 12.0. The van der Waals surface area contributed by atoms with E-state index in [0.29, 0.717) is 11.5 Å². The maximum absolute atomic E-state index is 12.0. The van der Waals surface area contributed by atoms with Crippen LogP contribution in [0.5, 0.6) is 5.75 Å². The van der Waals surface area contributed by atoms with Gasteiger partial charge in [0.05, 0.1) is 10.4 Å². The first kappa shape index (κ1) is 14.3. The molecule has 3 aromatic rings. The van der Waals surface area contributed by atoms with Crippen molar-refractivity contribution in [2.75, 3.05) is 0 Å². The van der Waals surface area contributed by atoms with E-state index in [2.05, 4.69) is 10.2 Å². The molecule has 2 aromatic heterocycles. The van der Waals surface area contributed by atoms with E-state index < -0.39 is 12.1 Å². The Morgan fingerprint density at radius 2 is 2.05 bits per heavy atom. The van der Waals surface area contributed by atoms with Gasteiger partial charge in [0.1, 0.15) is 5.75 Å². The average molecular weight is 316 g/mol. The van der Waals surface area contributed by atoms with Crippen LogP contribution < -0.4 is 0 Å². The third-order valence-corrected chi connectivity index (χ3v) is 3.77. The van der Waals surface area contributed by atoms with E-state index in [1.807, 2.05) is 17.5 Å². The number of benzene rings is 1. The Kier molecular flexibility index (Phi) is 3.88. The molecule has 1 atom stereocenters. The van der Waals surface area contributed by atoms with E-state index in [1.54, 1.807) is 6.92 Å². The van der Waals surface area contributed by atoms with Crippen LogP contribution in [0, 0.1) is 0 Å². The average Bonchev–Trinajstić information content (AvgIpc) is 3.19. The Morgan fingerprint density at radius 1 is 1.27 bits per heavy atom. The van der Waals surface area contributed by atoms with Crippen LogP contribution >= 0.6 is 11.3 Å². The van der Waals surface area contributed by atoms with Gasteiger partial charge in [-0.3, -0.25) is 0 Å². The highest BCUT2D eigenvalue weighted by atomic mass is 32.1. The molecular weight excluding hydrogens is 304 g/mol. The van der Waals surface area contributed by atoms with Crippen molar-refractivity contribution in [2.24, 2.45) is 0 Å². The van der Waals surface area contributed by atoms with Crippen molar-refractivity contribution in [1.29, 1.82) is 0 Å². The third kappa shape index (κ3) is 2.99. The van der Waals surface area contributed by atoms with E-state index in [0.717, 1.165) is 4.88 Å². The lowest BCUT2D eigenvalue weighted by Crippen LogP contribution is -2.09. The van der Waals surface area contributed by atoms with Crippen LogP contribution in [0.1, 0.15) is 29.3 Å². The van der Waals surface area contributed by atoms with Gasteiger partial charge in [0.2, 0.25) is 0 Å². The van der Waals surface area contributed by atoms with Crippen molar-refractivity contribution in [3.63, 3.8) is 0 Å². The van der Waals surface area contributed by atoms with Gasteiger partial charge >= 0.3 is 5.97 Å². The summed E-state index contributed by atoms with van der Waals surface area (Å²) in [6, 6.07) is 9.56. The molecule has 0 spiro atoms. The molecule has 2 heterocycles. The van der Waals surface area contributed by atoms with Crippen LogP contribution in [-0.4, -0.2) is 21.3 Å². The molecule has 0 unspecified atom stereocenters. The number of ether oxygens (including phenoxy) is 1. The summed E-state index contributed by atoms with van der Waals surface area (Å²) in [6.45, 7) is 1.66. The van der Waals surface area contributed by atoms with Crippen molar-refractivity contribution < 1.29 is 19.1 Å². The maximum Gasteiger partial charge on any atom is 0.338 e. The highest BCUT2D eigenvalue weighted by molar-refractivity contribution is 7.13. The van der Waals surface area contributed by atoms with Gasteiger partial charge in [0.25, 0.3) is 11.8 Å². The second-order valence-electron chi connectivity index (χ2n) is 4.52. The van der Waals surface area contributed by atoms with E-state index in [1.165, 1.54) is 35.6 Å². The largest absolute Gasteiger partial charge is 0.508 e. The minimum Gasteiger partial charge on any atom is -0.508 e. The van der Waals surface area contributed by atoms with Gasteiger partial charge in [-0.25, -0.2) is 4.79 Å². The van der Waals surface area contributed by atoms with Crippen LogP contribution in [0.2, 0.25) is 0 Å². The molecule has 0 bridgehead atoms. The predicted octanol–water partition coefficient (Wildman–Crippen LogP) is 3.42. The fraction of sp³-hybridized carbons (Fsp3) is 0.133. The second-order valence-corrected chi connectivity index (χ2v) is 5.46. The first-order chi connectivity index (χ1) is 10.6. The number of phenolic OH excluding ortho intramolecular Hbond substituents is 1. The quantitative estimate of drug-likeness (QED) is 0.742. The number of hydrogen-bond acceptors (Lipinski definition) is 7. The number of esters is 1. The number of thiophene rings is 1. The van der Waals surface area contributed by atoms with Crippen molar-refractivity contribution in [3.8, 4) is 16.5 Å². The van der Waals surface area contributed by atoms with E-state index in [9.17, 15) is 9.90 Å². The number of carbonyl (C=O) groups is 1. The van der Waals surface area contributed by atoms with E-state index in [4.69, 9.17) is 9.15 Å². The molecule has 22 heavy (non-hydrogen) atoms. The number of aromatic nitrogens is 2. The van der Waals surface area contributed by atoms with Gasteiger partial charge in [-0.05, 0) is 42.6 Å². The molecule has 1 N–H and O–H groups in total. The van der Waals surface area contributed by atoms with Crippen LogP contribution in [0.4, 0.5) is 0 Å². The standard InChI is InChI=1S/C15H12N2O4S/c1-9(20-15(19)10-4-6-11(18)7-5-10)13-16-17-14(21-13)12-3-2-8-22-12/h2-9,18H,1H3/t9-/m0/s1. The highest BCUT2D eigenvalue weighted by Gasteiger charge is 2.20. The summed E-state index contributed by atoms with van der Waals surface area (Å²) in [6.07, 6.45) is -0.664. The number of carbonyl (C=O) groups excluding carboxylic acids is 1. The molecule has 0 aliphatic carbocycles. The number of aromatic hydroxyl groups is 1. The Morgan fingerprint density at radius 3 is 2.73 bits per heavy atom. The first-order valence-corrected chi connectivity index (χ1v) is 7.39. The SMILES string of the molecule is C[C@H](OC(=O)c1ccc(O)cc1)c1nnc(-c2cccs2)o1. The Bertz CT molecular complexity index is 765. The van der Waals surface area contributed by atoms with Gasteiger partial charge < -0.3 is 14.3 Å². The van der Waals surface area contributed by atoms with Crippen molar-refractivity contribution in [2.45, 2.75) is 13.0 Å². The number of phenols is 1. The van der Waals surface area contributed by atoms with Gasteiger partial charge in [-0.2, -0.15) is 0 Å². The zero-order valence-electron chi connectivity index (χ0n) is 11.6. The van der Waals surface area contributed by atoms with Crippen molar-refractivity contribution in [3.05, 3.63) is 53.2 Å². The monoisotopic (exact) mass is 316 g/mol. The summed E-state index contributed by atoms with van der Waals surface area (Å²) in [5.74, 6) is 0.193. The van der Waals surface area contributed by atoms with Crippen molar-refractivity contribution in [1.82, 2.24) is 10.2 Å². The summed E-state index contributed by atoms with van der Waals surface area (Å²) < 4.78 is 10.8. The normalized spacial score (nSPS) is 12.0. The van der Waals surface area contributed by atoms with Crippen LogP contribution in [0.15, 0.2) is 46.2 Å². The third-order valence-electron chi connectivity index (χ3n) is 2.91. The minimum atomic E-state index is -0.664. The zero-order chi connectivity index (χ0) is 15.5. The summed E-state index contributed by atoms with van der Waals surface area (Å²) >= 11 is 1.49. The number of nitrogens with zero attached hydrogens (tertiary/aromatic N) is 2. The molecule has 0 aliphatic heterocycles. The van der Waals surface area contributed by atoms with Crippen LogP contribution in [0.25, 0.3) is 10.8 Å². The van der Waals surface area contributed by atoms with Crippen LogP contribution in [-0.2, 0) is 4.74 Å². The highest BCUT2D eigenvalue weighted by Crippen LogP contribution is 2.26. The van der Waals surface area contributed by atoms with Crippen LogP contribution in [0.3, 0.4) is 0 Å². The molecule has 0 fully saturated rings. The number of rotatable bonds is 4. The molecule has 6 nitrogen and oxygen atoms in total. The lowest BCUT2D eigenvalue weighted by atomic mass is 10.2. The van der Waals surface area contributed by atoms with Crippen molar-refractivity contribution >= 4 is 17.3 Å². The Hall–Kier alpha value is -2.67. The molecule has 0 saturated heterocycles. The molecular formula is C15H12N2O4S. The van der Waals surface area contributed by atoms with Gasteiger partial charge in [-0.15, -0.1) is 21.5 Å². The zero-order valence-corrected chi connectivity index (χ0v) is 12.4. The van der Waals surface area contributed by atoms with Gasteiger partial charge in [0.15, 0.2) is 6.10 Å². The molecule has 0 aliphatic rings. The molecule has 1 aromatic carbocycles. The molecule has 0 radical (unpaired) electrons. The fourth-order valence-corrected chi connectivity index (χ4v) is 2.42. The van der Waals surface area contributed by atoms with E-state index >= 15 is 0 Å². The smallest absolute Gasteiger partial charge is 0.338 e. The molecule has 0 saturated carbocycles. The second kappa shape index (κ2) is 5.98. The number of hydrogen-bond donors (Lipinski definition) is 1. The summed E-state index contributed by atoms with van der Waals surface area (Å²) in [5.41, 5.74) is 0.336. The molecule has 3 rings (SSSR count). The summed E-state index contributed by atoms with van der Waals surface area (Å²) in [4.78, 5) is 12.8. The first-order valence-electron chi connectivity index (χ1n) is 6.51. The topological polar surface area (TPSA) is 85.5 Å². The summed E-state index contributed by atoms with van der Waals surface area (Å²) in [5, 5.41) is 19.0. The van der Waals surface area contributed by atoms with E-state index in [-0.39, 0.29) is 11.6 Å². The van der Waals surface area contributed by atoms with Gasteiger partial charge in [0, 0.05) is 0 Å². The minimum absolute atomic E-state index is 0.0853. The van der Waals surface area contributed by atoms with Gasteiger partial charge in [-0.1, -0.05) is 6.07 Å². The fourth-order valence-electron chi connectivity index (χ4n) is 1.78. The lowest BCUT2D eigenvalue weighted by Gasteiger charge is -2.09. The summed E-state index contributed by atoms with van der Waals surface area (Å²) in [7, 11) is 0.